The van der Waals surface area contributed by atoms with Crippen LogP contribution in [0.5, 0.6) is 0 Å². The van der Waals surface area contributed by atoms with E-state index in [1.54, 1.807) is 4.90 Å². The van der Waals surface area contributed by atoms with E-state index < -0.39 is 5.60 Å². The molecule has 1 fully saturated rings. The van der Waals surface area contributed by atoms with Crippen molar-refractivity contribution >= 4 is 6.09 Å². The minimum Gasteiger partial charge on any atom is -0.444 e. The Morgan fingerprint density at radius 1 is 1.50 bits per heavy atom. The van der Waals surface area contributed by atoms with Gasteiger partial charge in [0.2, 0.25) is 0 Å². The third-order valence-electron chi connectivity index (χ3n) is 3.53. The zero-order valence-electron chi connectivity index (χ0n) is 13.6. The van der Waals surface area contributed by atoms with E-state index in [1.807, 2.05) is 34.9 Å². The SMILES string of the molecule is CNC[C@H](CC1CCCOC1)N(C)C(=O)OC(C)(C)C. The molecule has 0 saturated carbocycles. The molecule has 20 heavy (non-hydrogen) atoms. The van der Waals surface area contributed by atoms with Crippen LogP contribution in [0.25, 0.3) is 0 Å². The Hall–Kier alpha value is -0.810. The number of hydrogen-bond donors (Lipinski definition) is 1. The van der Waals surface area contributed by atoms with Crippen LogP contribution >= 0.6 is 0 Å². The number of nitrogens with zero attached hydrogens (tertiary/aromatic N) is 1. The number of amides is 1. The van der Waals surface area contributed by atoms with E-state index in [2.05, 4.69) is 5.32 Å². The Bertz CT molecular complexity index is 296. The molecule has 2 atom stereocenters. The van der Waals surface area contributed by atoms with Crippen LogP contribution in [0.1, 0.15) is 40.0 Å². The summed E-state index contributed by atoms with van der Waals surface area (Å²) in [6, 6.07) is 0.140. The van der Waals surface area contributed by atoms with Crippen molar-refractivity contribution in [3.63, 3.8) is 0 Å². The molecule has 1 aliphatic heterocycles. The summed E-state index contributed by atoms with van der Waals surface area (Å²) < 4.78 is 11.0. The number of carbonyl (C=O) groups excluding carboxylic acids is 1. The number of nitrogens with one attached hydrogen (secondary N) is 1. The number of ether oxygens (including phenoxy) is 2. The van der Waals surface area contributed by atoms with Gasteiger partial charge in [0.15, 0.2) is 0 Å². The number of hydrogen-bond acceptors (Lipinski definition) is 4. The van der Waals surface area contributed by atoms with E-state index in [4.69, 9.17) is 9.47 Å². The molecule has 1 aliphatic rings. The maximum atomic E-state index is 12.2. The molecule has 0 aromatic carbocycles. The first-order chi connectivity index (χ1) is 9.33. The van der Waals surface area contributed by atoms with Crippen molar-refractivity contribution in [3.05, 3.63) is 0 Å². The van der Waals surface area contributed by atoms with Gasteiger partial charge in [-0.15, -0.1) is 0 Å². The molecule has 0 aromatic heterocycles. The fraction of sp³-hybridized carbons (Fsp3) is 0.933. The summed E-state index contributed by atoms with van der Waals surface area (Å²) in [6.45, 7) is 8.12. The minimum atomic E-state index is -0.455. The molecular formula is C15H30N2O3. The average Bonchev–Trinajstić information content (AvgIpc) is 2.36. The van der Waals surface area contributed by atoms with Gasteiger partial charge >= 0.3 is 6.09 Å². The zero-order valence-corrected chi connectivity index (χ0v) is 13.6. The normalized spacial score (nSPS) is 21.4. The Kier molecular flexibility index (Phi) is 6.76. The van der Waals surface area contributed by atoms with Gasteiger partial charge in [-0.25, -0.2) is 4.79 Å². The molecule has 5 nitrogen and oxygen atoms in total. The molecule has 1 heterocycles. The second kappa shape index (κ2) is 7.84. The van der Waals surface area contributed by atoms with Crippen LogP contribution in [0.2, 0.25) is 0 Å². The molecule has 0 aromatic rings. The number of rotatable bonds is 5. The number of carbonyl (C=O) groups is 1. The molecule has 1 rings (SSSR count). The van der Waals surface area contributed by atoms with Crippen molar-refractivity contribution in [1.82, 2.24) is 10.2 Å². The van der Waals surface area contributed by atoms with Crippen LogP contribution in [0.15, 0.2) is 0 Å². The first-order valence-corrected chi connectivity index (χ1v) is 7.51. The van der Waals surface area contributed by atoms with Crippen molar-refractivity contribution in [2.24, 2.45) is 5.92 Å². The average molecular weight is 286 g/mol. The third kappa shape index (κ3) is 6.09. The van der Waals surface area contributed by atoms with E-state index in [1.165, 1.54) is 6.42 Å². The molecule has 0 bridgehead atoms. The fourth-order valence-electron chi connectivity index (χ4n) is 2.48. The maximum Gasteiger partial charge on any atom is 0.410 e. The lowest BCUT2D eigenvalue weighted by molar-refractivity contribution is 0.0115. The highest BCUT2D eigenvalue weighted by atomic mass is 16.6. The van der Waals surface area contributed by atoms with Crippen molar-refractivity contribution in [3.8, 4) is 0 Å². The van der Waals surface area contributed by atoms with E-state index in [0.29, 0.717) is 5.92 Å². The van der Waals surface area contributed by atoms with Crippen molar-refractivity contribution in [2.75, 3.05) is 33.9 Å². The molecule has 0 spiro atoms. The largest absolute Gasteiger partial charge is 0.444 e. The summed E-state index contributed by atoms with van der Waals surface area (Å²) in [5.74, 6) is 0.534. The highest BCUT2D eigenvalue weighted by molar-refractivity contribution is 5.68. The van der Waals surface area contributed by atoms with Crippen LogP contribution in [0.3, 0.4) is 0 Å². The molecule has 5 heteroatoms. The first kappa shape index (κ1) is 17.2. The Labute approximate surface area is 123 Å². The topological polar surface area (TPSA) is 50.8 Å². The molecule has 1 amide bonds. The van der Waals surface area contributed by atoms with Gasteiger partial charge in [-0.1, -0.05) is 0 Å². The smallest absolute Gasteiger partial charge is 0.410 e. The summed E-state index contributed by atoms with van der Waals surface area (Å²) in [5.41, 5.74) is -0.455. The maximum absolute atomic E-state index is 12.2. The van der Waals surface area contributed by atoms with Crippen LogP contribution in [0.4, 0.5) is 4.79 Å². The second-order valence-electron chi connectivity index (χ2n) is 6.62. The predicted octanol–water partition coefficient (Wildman–Crippen LogP) is 2.26. The minimum absolute atomic E-state index is 0.140. The van der Waals surface area contributed by atoms with Crippen LogP contribution in [0, 0.1) is 5.92 Å². The van der Waals surface area contributed by atoms with E-state index >= 15 is 0 Å². The predicted molar refractivity (Wildman–Crippen MR) is 79.9 cm³/mol. The highest BCUT2D eigenvalue weighted by Crippen LogP contribution is 2.21. The van der Waals surface area contributed by atoms with Crippen LogP contribution < -0.4 is 5.32 Å². The van der Waals surface area contributed by atoms with Crippen LogP contribution in [-0.4, -0.2) is 56.5 Å². The van der Waals surface area contributed by atoms with Crippen molar-refractivity contribution < 1.29 is 14.3 Å². The lowest BCUT2D eigenvalue weighted by atomic mass is 9.94. The number of likely N-dealkylation sites (N-methyl/N-ethyl adjacent to an activating group) is 2. The Morgan fingerprint density at radius 2 is 2.20 bits per heavy atom. The van der Waals surface area contributed by atoms with Crippen LogP contribution in [-0.2, 0) is 9.47 Å². The summed E-state index contributed by atoms with van der Waals surface area (Å²) in [7, 11) is 3.73. The summed E-state index contributed by atoms with van der Waals surface area (Å²) in [5, 5.41) is 3.17. The highest BCUT2D eigenvalue weighted by Gasteiger charge is 2.27. The van der Waals surface area contributed by atoms with Gasteiger partial charge in [0.1, 0.15) is 5.60 Å². The molecule has 0 aliphatic carbocycles. The third-order valence-corrected chi connectivity index (χ3v) is 3.53. The van der Waals surface area contributed by atoms with E-state index in [0.717, 1.165) is 32.6 Å². The summed E-state index contributed by atoms with van der Waals surface area (Å²) in [6.07, 6.45) is 3.00. The molecule has 1 N–H and O–H groups in total. The zero-order chi connectivity index (χ0) is 15.2. The molecule has 1 saturated heterocycles. The van der Waals surface area contributed by atoms with Gasteiger partial charge in [-0.05, 0) is 53.0 Å². The summed E-state index contributed by atoms with van der Waals surface area (Å²) in [4.78, 5) is 13.9. The Morgan fingerprint density at radius 3 is 2.70 bits per heavy atom. The first-order valence-electron chi connectivity index (χ1n) is 7.51. The van der Waals surface area contributed by atoms with Crippen molar-refractivity contribution in [2.45, 2.75) is 51.7 Å². The fourth-order valence-corrected chi connectivity index (χ4v) is 2.48. The Balaban J connectivity index is 2.56. The van der Waals surface area contributed by atoms with Gasteiger partial charge in [-0.2, -0.15) is 0 Å². The lowest BCUT2D eigenvalue weighted by Gasteiger charge is -2.33. The summed E-state index contributed by atoms with van der Waals surface area (Å²) >= 11 is 0. The second-order valence-corrected chi connectivity index (χ2v) is 6.62. The van der Waals surface area contributed by atoms with Gasteiger partial charge in [0.05, 0.1) is 0 Å². The van der Waals surface area contributed by atoms with Crippen molar-refractivity contribution in [1.29, 1.82) is 0 Å². The quantitative estimate of drug-likeness (QED) is 0.842. The van der Waals surface area contributed by atoms with Gasteiger partial charge in [-0.3, -0.25) is 0 Å². The molecular weight excluding hydrogens is 256 g/mol. The standard InChI is InChI=1S/C15H30N2O3/c1-15(2,3)20-14(18)17(5)13(10-16-4)9-12-7-6-8-19-11-12/h12-13,16H,6-11H2,1-5H3/t12?,13-/m0/s1. The lowest BCUT2D eigenvalue weighted by Crippen LogP contribution is -2.46. The van der Waals surface area contributed by atoms with Gasteiger partial charge in [0, 0.05) is 32.8 Å². The molecule has 1 unspecified atom stereocenters. The van der Waals surface area contributed by atoms with Gasteiger partial charge in [0.25, 0.3) is 0 Å². The molecule has 118 valence electrons. The monoisotopic (exact) mass is 286 g/mol. The van der Waals surface area contributed by atoms with E-state index in [9.17, 15) is 4.79 Å². The van der Waals surface area contributed by atoms with Gasteiger partial charge < -0.3 is 19.7 Å². The molecule has 0 radical (unpaired) electrons. The van der Waals surface area contributed by atoms with E-state index in [-0.39, 0.29) is 12.1 Å².